The topological polar surface area (TPSA) is 71.2 Å². The number of rotatable bonds is 5. The van der Waals surface area contributed by atoms with E-state index in [1.807, 2.05) is 91.0 Å². The zero-order chi connectivity index (χ0) is 23.5. The van der Waals surface area contributed by atoms with Crippen molar-refractivity contribution in [3.8, 4) is 17.0 Å². The van der Waals surface area contributed by atoms with E-state index < -0.39 is 0 Å². The number of aromatic nitrogens is 1. The molecule has 0 radical (unpaired) electrons. The molecule has 0 fully saturated rings. The van der Waals surface area contributed by atoms with Crippen LogP contribution in [0.1, 0.15) is 5.56 Å². The molecule has 8 heteroatoms. The van der Waals surface area contributed by atoms with E-state index in [9.17, 15) is 4.79 Å². The van der Waals surface area contributed by atoms with E-state index in [0.717, 1.165) is 33.0 Å². The van der Waals surface area contributed by atoms with E-state index in [1.165, 1.54) is 11.3 Å². The van der Waals surface area contributed by atoms with Crippen molar-refractivity contribution >= 4 is 40.5 Å². The fraction of sp³-hybridized carbons (Fsp3) is 0.115. The zero-order valence-electron chi connectivity index (χ0n) is 18.8. The number of nitrogens with one attached hydrogen (secondary N) is 1. The molecule has 2 heterocycles. The second-order valence-corrected chi connectivity index (χ2v) is 8.78. The van der Waals surface area contributed by atoms with Gasteiger partial charge in [0.1, 0.15) is 5.75 Å². The Kier molecular flexibility index (Phi) is 5.97. The molecule has 0 unspecified atom stereocenters. The van der Waals surface area contributed by atoms with Gasteiger partial charge in [-0.2, -0.15) is 5.10 Å². The van der Waals surface area contributed by atoms with Crippen molar-refractivity contribution in [3.63, 3.8) is 0 Å². The number of hydrogen-bond donors (Lipinski definition) is 1. The molecule has 0 saturated heterocycles. The first-order chi connectivity index (χ1) is 16.6. The van der Waals surface area contributed by atoms with Crippen molar-refractivity contribution in [1.29, 1.82) is 0 Å². The molecule has 34 heavy (non-hydrogen) atoms. The third-order valence-corrected chi connectivity index (χ3v) is 6.12. The molecule has 1 aromatic heterocycles. The lowest BCUT2D eigenvalue weighted by atomic mass is 10.1. The summed E-state index contributed by atoms with van der Waals surface area (Å²) in [4.78, 5) is 19.4. The summed E-state index contributed by atoms with van der Waals surface area (Å²) in [5.41, 5.74) is 5.36. The highest BCUT2D eigenvalue weighted by molar-refractivity contribution is 7.07. The van der Waals surface area contributed by atoms with Crippen LogP contribution in [0.2, 0.25) is 0 Å². The highest BCUT2D eigenvalue weighted by Gasteiger charge is 2.17. The Labute approximate surface area is 201 Å². The summed E-state index contributed by atoms with van der Waals surface area (Å²) >= 11 is 1.50. The molecule has 1 N–H and O–H groups in total. The maximum atomic E-state index is 11.8. The average molecular weight is 470 g/mol. The predicted molar refractivity (Wildman–Crippen MR) is 137 cm³/mol. The summed E-state index contributed by atoms with van der Waals surface area (Å²) in [6.07, 6.45) is 1.82. The SMILES string of the molecule is CN(C)c1ccc(C=Nn2c(-c3ccc4c(c3)NC(=O)CO4)csc2=Nc2ccccc2)cc1. The van der Waals surface area contributed by atoms with Crippen LogP contribution >= 0.6 is 11.3 Å². The van der Waals surface area contributed by atoms with Crippen LogP contribution in [0.3, 0.4) is 0 Å². The molecule has 0 bridgehead atoms. The van der Waals surface area contributed by atoms with Crippen molar-refractivity contribution in [3.05, 3.63) is 88.5 Å². The molecular formula is C26H23N5O2S. The van der Waals surface area contributed by atoms with Crippen LogP contribution in [0.5, 0.6) is 5.75 Å². The molecule has 1 aliphatic heterocycles. The zero-order valence-corrected chi connectivity index (χ0v) is 19.6. The molecule has 0 atom stereocenters. The minimum absolute atomic E-state index is 0.0296. The smallest absolute Gasteiger partial charge is 0.262 e. The van der Waals surface area contributed by atoms with E-state index in [2.05, 4.69) is 22.3 Å². The van der Waals surface area contributed by atoms with Crippen LogP contribution in [-0.2, 0) is 4.79 Å². The maximum Gasteiger partial charge on any atom is 0.262 e. The fourth-order valence-electron chi connectivity index (χ4n) is 3.53. The van der Waals surface area contributed by atoms with Gasteiger partial charge in [-0.15, -0.1) is 11.3 Å². The number of nitrogens with zero attached hydrogens (tertiary/aromatic N) is 4. The maximum absolute atomic E-state index is 11.8. The molecule has 4 aromatic rings. The number of anilines is 2. The summed E-state index contributed by atoms with van der Waals surface area (Å²) in [6, 6.07) is 23.7. The number of thiazole rings is 1. The number of benzene rings is 3. The summed E-state index contributed by atoms with van der Waals surface area (Å²) in [6.45, 7) is 0.0296. The van der Waals surface area contributed by atoms with Crippen molar-refractivity contribution in [2.45, 2.75) is 0 Å². The number of fused-ring (bicyclic) bond motifs is 1. The highest BCUT2D eigenvalue weighted by atomic mass is 32.1. The third-order valence-electron chi connectivity index (χ3n) is 5.31. The van der Waals surface area contributed by atoms with Gasteiger partial charge in [0.15, 0.2) is 6.61 Å². The van der Waals surface area contributed by atoms with Crippen LogP contribution in [0.4, 0.5) is 17.1 Å². The van der Waals surface area contributed by atoms with Gasteiger partial charge in [0.25, 0.3) is 5.91 Å². The number of hydrogen-bond acceptors (Lipinski definition) is 6. The number of amides is 1. The van der Waals surface area contributed by atoms with Gasteiger partial charge in [-0.25, -0.2) is 9.67 Å². The molecule has 5 rings (SSSR count). The lowest BCUT2D eigenvalue weighted by molar-refractivity contribution is -0.118. The van der Waals surface area contributed by atoms with Gasteiger partial charge in [-0.3, -0.25) is 4.79 Å². The Morgan fingerprint density at radius 3 is 2.62 bits per heavy atom. The van der Waals surface area contributed by atoms with Gasteiger partial charge in [0.2, 0.25) is 4.80 Å². The Bertz CT molecular complexity index is 1420. The van der Waals surface area contributed by atoms with Crippen LogP contribution in [0.15, 0.2) is 88.3 Å². The first kappa shape index (κ1) is 21.7. The minimum atomic E-state index is -0.165. The van der Waals surface area contributed by atoms with Crippen molar-refractivity contribution < 1.29 is 9.53 Å². The molecule has 1 amide bonds. The predicted octanol–water partition coefficient (Wildman–Crippen LogP) is 4.73. The lowest BCUT2D eigenvalue weighted by Gasteiger charge is -2.18. The molecule has 0 spiro atoms. The van der Waals surface area contributed by atoms with E-state index in [0.29, 0.717) is 11.4 Å². The summed E-state index contributed by atoms with van der Waals surface area (Å²) in [5.74, 6) is 0.491. The average Bonchev–Trinajstić information content (AvgIpc) is 3.25. The lowest BCUT2D eigenvalue weighted by Crippen LogP contribution is -2.25. The molecule has 0 saturated carbocycles. The highest BCUT2D eigenvalue weighted by Crippen LogP contribution is 2.33. The van der Waals surface area contributed by atoms with Gasteiger partial charge in [-0.1, -0.05) is 30.3 Å². The minimum Gasteiger partial charge on any atom is -0.482 e. The van der Waals surface area contributed by atoms with Crippen LogP contribution in [0.25, 0.3) is 11.3 Å². The van der Waals surface area contributed by atoms with E-state index in [4.69, 9.17) is 14.8 Å². The largest absolute Gasteiger partial charge is 0.482 e. The van der Waals surface area contributed by atoms with Crippen LogP contribution in [-0.4, -0.2) is 37.5 Å². The number of ether oxygens (including phenoxy) is 1. The second-order valence-electron chi connectivity index (χ2n) is 7.94. The van der Waals surface area contributed by atoms with Gasteiger partial charge >= 0.3 is 0 Å². The molecule has 7 nitrogen and oxygen atoms in total. The van der Waals surface area contributed by atoms with E-state index in [1.54, 1.807) is 0 Å². The number of carbonyl (C=O) groups is 1. The number of carbonyl (C=O) groups excluding carboxylic acids is 1. The van der Waals surface area contributed by atoms with Gasteiger partial charge in [0, 0.05) is 30.7 Å². The van der Waals surface area contributed by atoms with E-state index in [-0.39, 0.29) is 12.5 Å². The Morgan fingerprint density at radius 2 is 1.85 bits per heavy atom. The van der Waals surface area contributed by atoms with Crippen molar-refractivity contribution in [2.24, 2.45) is 10.1 Å². The monoisotopic (exact) mass is 469 g/mol. The third kappa shape index (κ3) is 4.62. The first-order valence-electron chi connectivity index (χ1n) is 10.8. The van der Waals surface area contributed by atoms with Gasteiger partial charge < -0.3 is 15.0 Å². The van der Waals surface area contributed by atoms with E-state index >= 15 is 0 Å². The summed E-state index contributed by atoms with van der Waals surface area (Å²) in [5, 5.41) is 9.67. The Morgan fingerprint density at radius 1 is 1.06 bits per heavy atom. The molecule has 1 aliphatic rings. The summed E-state index contributed by atoms with van der Waals surface area (Å²) in [7, 11) is 4.03. The molecule has 0 aliphatic carbocycles. The summed E-state index contributed by atoms with van der Waals surface area (Å²) < 4.78 is 7.33. The normalized spacial score (nSPS) is 13.5. The quantitative estimate of drug-likeness (QED) is 0.430. The molecule has 3 aromatic carbocycles. The second kappa shape index (κ2) is 9.36. The van der Waals surface area contributed by atoms with Crippen molar-refractivity contribution in [1.82, 2.24) is 4.68 Å². The molecular weight excluding hydrogens is 446 g/mol. The van der Waals surface area contributed by atoms with Crippen LogP contribution < -0.4 is 19.8 Å². The van der Waals surface area contributed by atoms with Crippen LogP contribution in [0, 0.1) is 0 Å². The van der Waals surface area contributed by atoms with Crippen molar-refractivity contribution in [2.75, 3.05) is 30.9 Å². The Balaban J connectivity index is 1.58. The van der Waals surface area contributed by atoms with Gasteiger partial charge in [-0.05, 0) is 48.0 Å². The fourth-order valence-corrected chi connectivity index (χ4v) is 4.38. The Hall–Kier alpha value is -4.17. The first-order valence-corrected chi connectivity index (χ1v) is 11.6. The standard InChI is InChI=1S/C26H23N5O2S/c1-30(2)21-11-8-18(9-12-21)15-27-31-23(17-34-26(31)28-20-6-4-3-5-7-20)19-10-13-24-22(14-19)29-25(32)16-33-24/h3-15,17H,16H2,1-2H3,(H,29,32). The van der Waals surface area contributed by atoms with Gasteiger partial charge in [0.05, 0.1) is 23.3 Å². The molecule has 170 valence electrons. The number of para-hydroxylation sites is 1.